The number of nitriles is 1. The molecule has 3 heteroatoms. The highest BCUT2D eigenvalue weighted by atomic mass is 16.3. The normalized spacial score (nSPS) is 11.6. The molecule has 3 nitrogen and oxygen atoms in total. The molecule has 29 heavy (non-hydrogen) atoms. The first-order chi connectivity index (χ1) is 14.3. The van der Waals surface area contributed by atoms with E-state index in [-0.39, 0.29) is 0 Å². The topological polar surface area (TPSA) is 50.1 Å². The predicted molar refractivity (Wildman–Crippen MR) is 118 cm³/mol. The molecule has 0 spiro atoms. The maximum absolute atomic E-state index is 9.83. The molecule has 5 rings (SSSR count). The summed E-state index contributed by atoms with van der Waals surface area (Å²) in [7, 11) is 0. The zero-order valence-corrected chi connectivity index (χ0v) is 15.9. The van der Waals surface area contributed by atoms with Gasteiger partial charge in [0.25, 0.3) is 0 Å². The second-order valence-electron chi connectivity index (χ2n) is 6.84. The molecule has 2 heterocycles. The fourth-order valence-electron chi connectivity index (χ4n) is 3.99. The monoisotopic (exact) mass is 375 g/mol. The minimum Gasteiger partial charge on any atom is -0.455 e. The van der Waals surface area contributed by atoms with E-state index in [9.17, 15) is 5.26 Å². The molecule has 0 radical (unpaired) electrons. The Morgan fingerprint density at radius 3 is 2.52 bits per heavy atom. The molecule has 0 saturated carbocycles. The van der Waals surface area contributed by atoms with Gasteiger partial charge in [-0.1, -0.05) is 55.1 Å². The number of furan rings is 2. The minimum atomic E-state index is 0.549. The number of para-hydroxylation sites is 2. The smallest absolute Gasteiger partial charge is 0.144 e. The summed E-state index contributed by atoms with van der Waals surface area (Å²) in [5.74, 6) is 0.750. The highest BCUT2D eigenvalue weighted by Gasteiger charge is 2.21. The number of hydrogen-bond donors (Lipinski definition) is 0. The lowest BCUT2D eigenvalue weighted by molar-refractivity contribution is 0.604. The van der Waals surface area contributed by atoms with Crippen molar-refractivity contribution in [3.8, 4) is 17.2 Å². The average Bonchev–Trinajstić information content (AvgIpc) is 3.30. The van der Waals surface area contributed by atoms with Crippen molar-refractivity contribution in [1.82, 2.24) is 0 Å². The van der Waals surface area contributed by atoms with Gasteiger partial charge < -0.3 is 8.83 Å². The Morgan fingerprint density at radius 2 is 1.72 bits per heavy atom. The molecule has 0 atom stereocenters. The lowest BCUT2D eigenvalue weighted by Crippen LogP contribution is -1.86. The molecule has 0 amide bonds. The summed E-state index contributed by atoms with van der Waals surface area (Å²) in [6.45, 7) is 5.89. The van der Waals surface area contributed by atoms with E-state index in [0.717, 1.165) is 49.8 Å². The van der Waals surface area contributed by atoms with E-state index in [1.807, 2.05) is 73.7 Å². The molecule has 0 aliphatic carbocycles. The van der Waals surface area contributed by atoms with E-state index in [1.165, 1.54) is 0 Å². The molecule has 0 N–H and O–H groups in total. The predicted octanol–water partition coefficient (Wildman–Crippen LogP) is 7.55. The van der Waals surface area contributed by atoms with Gasteiger partial charge in [0.15, 0.2) is 0 Å². The van der Waals surface area contributed by atoms with Crippen LogP contribution in [-0.4, -0.2) is 0 Å². The summed E-state index contributed by atoms with van der Waals surface area (Å²) in [6.07, 6.45) is 5.66. The van der Waals surface area contributed by atoms with E-state index in [4.69, 9.17) is 8.83 Å². The number of benzene rings is 3. The third-order valence-corrected chi connectivity index (χ3v) is 5.24. The van der Waals surface area contributed by atoms with Crippen LogP contribution >= 0.6 is 0 Å². The molecule has 2 aromatic heterocycles. The van der Waals surface area contributed by atoms with Gasteiger partial charge >= 0.3 is 0 Å². The van der Waals surface area contributed by atoms with Crippen LogP contribution in [0.15, 0.2) is 76.1 Å². The van der Waals surface area contributed by atoms with Crippen molar-refractivity contribution in [3.63, 3.8) is 0 Å². The zero-order chi connectivity index (χ0) is 20.0. The van der Waals surface area contributed by atoms with Crippen LogP contribution in [0.3, 0.4) is 0 Å². The van der Waals surface area contributed by atoms with E-state index in [1.54, 1.807) is 6.08 Å². The van der Waals surface area contributed by atoms with Crippen LogP contribution in [0.4, 0.5) is 0 Å². The quantitative estimate of drug-likeness (QED) is 0.327. The van der Waals surface area contributed by atoms with Crippen molar-refractivity contribution in [2.75, 3.05) is 0 Å². The SMILES string of the molecule is C=Cc1c(/C=C\C)oc2c(-c3c(C#N)ccc4c3oc3ccccc34)cccc12. The summed E-state index contributed by atoms with van der Waals surface area (Å²) in [5.41, 5.74) is 5.29. The lowest BCUT2D eigenvalue weighted by Gasteiger charge is -2.06. The maximum atomic E-state index is 9.83. The number of fused-ring (bicyclic) bond motifs is 4. The molecule has 0 unspecified atom stereocenters. The van der Waals surface area contributed by atoms with Crippen molar-refractivity contribution in [2.24, 2.45) is 0 Å². The van der Waals surface area contributed by atoms with Crippen molar-refractivity contribution in [3.05, 3.63) is 84.1 Å². The summed E-state index contributed by atoms with van der Waals surface area (Å²) >= 11 is 0. The standard InChI is InChI=1S/C26H17NO2/c1-3-8-22-17(4-2)19-10-7-11-21(25(19)28-22)24-16(15-27)13-14-20-18-9-5-6-12-23(18)29-26(20)24/h3-14H,2H2,1H3/b8-3-. The molecule has 0 bridgehead atoms. The van der Waals surface area contributed by atoms with Gasteiger partial charge in [-0.05, 0) is 31.2 Å². The largest absolute Gasteiger partial charge is 0.455 e. The van der Waals surface area contributed by atoms with Gasteiger partial charge in [0.2, 0.25) is 0 Å². The van der Waals surface area contributed by atoms with Crippen molar-refractivity contribution in [2.45, 2.75) is 6.92 Å². The van der Waals surface area contributed by atoms with E-state index in [0.29, 0.717) is 11.1 Å². The van der Waals surface area contributed by atoms with Gasteiger partial charge in [-0.15, -0.1) is 0 Å². The molecule has 0 aliphatic rings. The van der Waals surface area contributed by atoms with Gasteiger partial charge in [0.05, 0.1) is 11.6 Å². The Balaban J connectivity index is 1.94. The summed E-state index contributed by atoms with van der Waals surface area (Å²) in [5, 5.41) is 12.8. The van der Waals surface area contributed by atoms with Gasteiger partial charge in [-0.3, -0.25) is 0 Å². The van der Waals surface area contributed by atoms with Gasteiger partial charge in [-0.25, -0.2) is 0 Å². The molecular formula is C26H17NO2. The Bertz CT molecular complexity index is 1490. The number of nitrogens with zero attached hydrogens (tertiary/aromatic N) is 1. The Hall–Kier alpha value is -4.03. The molecule has 0 aliphatic heterocycles. The second kappa shape index (κ2) is 6.54. The van der Waals surface area contributed by atoms with Gasteiger partial charge in [-0.2, -0.15) is 5.26 Å². The molecule has 0 saturated heterocycles. The highest BCUT2D eigenvalue weighted by molar-refractivity contribution is 6.13. The van der Waals surface area contributed by atoms with Crippen molar-refractivity contribution < 1.29 is 8.83 Å². The minimum absolute atomic E-state index is 0.549. The van der Waals surface area contributed by atoms with Gasteiger partial charge in [0, 0.05) is 32.8 Å². The van der Waals surface area contributed by atoms with Gasteiger partial charge in [0.1, 0.15) is 22.5 Å². The molecule has 3 aromatic carbocycles. The maximum Gasteiger partial charge on any atom is 0.144 e. The zero-order valence-electron chi connectivity index (χ0n) is 15.9. The number of rotatable bonds is 3. The average molecular weight is 375 g/mol. The van der Waals surface area contributed by atoms with Crippen LogP contribution < -0.4 is 0 Å². The van der Waals surface area contributed by atoms with Crippen LogP contribution in [0.25, 0.3) is 56.2 Å². The summed E-state index contributed by atoms with van der Waals surface area (Å²) in [4.78, 5) is 0. The first kappa shape index (κ1) is 17.1. The first-order valence-corrected chi connectivity index (χ1v) is 9.42. The third-order valence-electron chi connectivity index (χ3n) is 5.24. The fraction of sp³-hybridized carbons (Fsp3) is 0.0385. The molecule has 0 fully saturated rings. The van der Waals surface area contributed by atoms with Crippen LogP contribution in [-0.2, 0) is 0 Å². The third kappa shape index (κ3) is 2.43. The summed E-state index contributed by atoms with van der Waals surface area (Å²) in [6, 6.07) is 20.0. The second-order valence-corrected chi connectivity index (χ2v) is 6.84. The van der Waals surface area contributed by atoms with Crippen molar-refractivity contribution >= 4 is 45.1 Å². The number of allylic oxidation sites excluding steroid dienone is 1. The molecule has 138 valence electrons. The van der Waals surface area contributed by atoms with Crippen LogP contribution in [0.5, 0.6) is 0 Å². The van der Waals surface area contributed by atoms with E-state index in [2.05, 4.69) is 12.6 Å². The van der Waals surface area contributed by atoms with Crippen LogP contribution in [0, 0.1) is 11.3 Å². The van der Waals surface area contributed by atoms with E-state index >= 15 is 0 Å². The van der Waals surface area contributed by atoms with Crippen LogP contribution in [0.1, 0.15) is 23.8 Å². The highest BCUT2D eigenvalue weighted by Crippen LogP contribution is 2.42. The molecule has 5 aromatic rings. The Morgan fingerprint density at radius 1 is 0.897 bits per heavy atom. The Kier molecular flexibility index (Phi) is 3.86. The van der Waals surface area contributed by atoms with Crippen molar-refractivity contribution in [1.29, 1.82) is 5.26 Å². The first-order valence-electron chi connectivity index (χ1n) is 9.42. The summed E-state index contributed by atoms with van der Waals surface area (Å²) < 4.78 is 12.4. The van der Waals surface area contributed by atoms with E-state index < -0.39 is 0 Å². The molecular weight excluding hydrogens is 358 g/mol. The van der Waals surface area contributed by atoms with Crippen LogP contribution in [0.2, 0.25) is 0 Å². The fourth-order valence-corrected chi connectivity index (χ4v) is 3.99. The number of hydrogen-bond acceptors (Lipinski definition) is 3. The Labute approximate surface area is 167 Å². The lowest BCUT2D eigenvalue weighted by atomic mass is 9.95.